The van der Waals surface area contributed by atoms with E-state index >= 15 is 0 Å². The number of phenols is 2. The van der Waals surface area contributed by atoms with Gasteiger partial charge in [0.1, 0.15) is 11.6 Å². The largest absolute Gasteiger partial charge is 0.504 e. The second kappa shape index (κ2) is 7.18. The Kier molecular flexibility index (Phi) is 5.05. The van der Waals surface area contributed by atoms with E-state index in [1.807, 2.05) is 42.1 Å². The van der Waals surface area contributed by atoms with Gasteiger partial charge in [-0.3, -0.25) is 4.79 Å². The van der Waals surface area contributed by atoms with E-state index in [9.17, 15) is 15.0 Å². The van der Waals surface area contributed by atoms with Crippen LogP contribution in [0.15, 0.2) is 48.3 Å². The Bertz CT molecular complexity index is 758. The van der Waals surface area contributed by atoms with E-state index in [2.05, 4.69) is 5.32 Å². The predicted octanol–water partition coefficient (Wildman–Crippen LogP) is 2.01. The number of aromatic hydroxyl groups is 2. The molecule has 0 aliphatic heterocycles. The number of rotatable bonds is 5. The summed E-state index contributed by atoms with van der Waals surface area (Å²) < 4.78 is 1.93. The van der Waals surface area contributed by atoms with Crippen molar-refractivity contribution in [2.75, 3.05) is 0 Å². The molecule has 118 valence electrons. The third-order valence-electron chi connectivity index (χ3n) is 3.20. The van der Waals surface area contributed by atoms with Gasteiger partial charge in [0.2, 0.25) is 0 Å². The second-order valence-corrected chi connectivity index (χ2v) is 5.17. The van der Waals surface area contributed by atoms with E-state index < -0.39 is 5.91 Å². The first-order valence-electron chi connectivity index (χ1n) is 7.05. The number of amides is 1. The normalized spacial score (nSPS) is 12.4. The monoisotopic (exact) mass is 311 g/mol. The molecule has 1 heterocycles. The zero-order valence-electron chi connectivity index (χ0n) is 12.6. The molecular formula is C17H17N3O3. The summed E-state index contributed by atoms with van der Waals surface area (Å²) in [7, 11) is 0. The van der Waals surface area contributed by atoms with Crippen molar-refractivity contribution in [3.05, 3.63) is 53.9 Å². The molecule has 1 aromatic heterocycles. The SMILES string of the molecule is CC(Cn1cccc1)NC(=O)/C(C#N)=C/c1ccc(O)c(O)c1. The lowest BCUT2D eigenvalue weighted by atomic mass is 10.1. The smallest absolute Gasteiger partial charge is 0.262 e. The highest BCUT2D eigenvalue weighted by Crippen LogP contribution is 2.25. The minimum Gasteiger partial charge on any atom is -0.504 e. The van der Waals surface area contributed by atoms with Crippen LogP contribution < -0.4 is 5.32 Å². The van der Waals surface area contributed by atoms with Gasteiger partial charge in [-0.2, -0.15) is 5.26 Å². The van der Waals surface area contributed by atoms with Crippen molar-refractivity contribution >= 4 is 12.0 Å². The zero-order valence-corrected chi connectivity index (χ0v) is 12.6. The van der Waals surface area contributed by atoms with Crippen LogP contribution in [0.4, 0.5) is 0 Å². The minimum atomic E-state index is -0.486. The number of aromatic nitrogens is 1. The van der Waals surface area contributed by atoms with Crippen molar-refractivity contribution in [3.8, 4) is 17.6 Å². The highest BCUT2D eigenvalue weighted by atomic mass is 16.3. The zero-order chi connectivity index (χ0) is 16.8. The maximum Gasteiger partial charge on any atom is 0.262 e. The number of phenolic OH excluding ortho intramolecular Hbond substituents is 2. The van der Waals surface area contributed by atoms with Crippen molar-refractivity contribution in [1.29, 1.82) is 5.26 Å². The fourth-order valence-corrected chi connectivity index (χ4v) is 2.10. The highest BCUT2D eigenvalue weighted by molar-refractivity contribution is 6.01. The molecule has 0 saturated carbocycles. The number of hydrogen-bond acceptors (Lipinski definition) is 4. The van der Waals surface area contributed by atoms with E-state index in [0.29, 0.717) is 12.1 Å². The maximum atomic E-state index is 12.1. The average Bonchev–Trinajstić information content (AvgIpc) is 3.00. The van der Waals surface area contributed by atoms with Crippen LogP contribution in [0.3, 0.4) is 0 Å². The summed E-state index contributed by atoms with van der Waals surface area (Å²) in [5, 5.41) is 30.6. The lowest BCUT2D eigenvalue weighted by Gasteiger charge is -2.14. The third kappa shape index (κ3) is 4.38. The van der Waals surface area contributed by atoms with Gasteiger partial charge in [0.05, 0.1) is 0 Å². The van der Waals surface area contributed by atoms with Gasteiger partial charge in [0, 0.05) is 25.0 Å². The van der Waals surface area contributed by atoms with Gasteiger partial charge in [-0.15, -0.1) is 0 Å². The van der Waals surface area contributed by atoms with Gasteiger partial charge in [-0.25, -0.2) is 0 Å². The first kappa shape index (κ1) is 16.2. The van der Waals surface area contributed by atoms with Crippen LogP contribution in [0, 0.1) is 11.3 Å². The summed E-state index contributed by atoms with van der Waals surface area (Å²) in [5.74, 6) is -1.05. The molecule has 0 aliphatic rings. The quantitative estimate of drug-likeness (QED) is 0.447. The molecule has 0 spiro atoms. The average molecular weight is 311 g/mol. The number of carbonyl (C=O) groups is 1. The lowest BCUT2D eigenvalue weighted by molar-refractivity contribution is -0.117. The molecular weight excluding hydrogens is 294 g/mol. The summed E-state index contributed by atoms with van der Waals surface area (Å²) in [6.45, 7) is 2.44. The summed E-state index contributed by atoms with van der Waals surface area (Å²) in [6, 6.07) is 9.56. The highest BCUT2D eigenvalue weighted by Gasteiger charge is 2.13. The molecule has 6 nitrogen and oxygen atoms in total. The van der Waals surface area contributed by atoms with Gasteiger partial charge in [-0.05, 0) is 42.8 Å². The Morgan fingerprint density at radius 2 is 2.04 bits per heavy atom. The summed E-state index contributed by atoms with van der Waals surface area (Å²) in [6.07, 6.45) is 5.14. The summed E-state index contributed by atoms with van der Waals surface area (Å²) in [4.78, 5) is 12.1. The lowest BCUT2D eigenvalue weighted by Crippen LogP contribution is -2.36. The Morgan fingerprint density at radius 1 is 1.35 bits per heavy atom. The Labute approximate surface area is 133 Å². The van der Waals surface area contributed by atoms with Crippen molar-refractivity contribution in [1.82, 2.24) is 9.88 Å². The fraction of sp³-hybridized carbons (Fsp3) is 0.176. The van der Waals surface area contributed by atoms with E-state index in [4.69, 9.17) is 5.26 Å². The van der Waals surface area contributed by atoms with Crippen molar-refractivity contribution in [2.24, 2.45) is 0 Å². The molecule has 2 aromatic rings. The van der Waals surface area contributed by atoms with Crippen LogP contribution in [0.2, 0.25) is 0 Å². The maximum absolute atomic E-state index is 12.1. The Hall–Kier alpha value is -3.20. The fourth-order valence-electron chi connectivity index (χ4n) is 2.10. The second-order valence-electron chi connectivity index (χ2n) is 5.17. The number of benzene rings is 1. The van der Waals surface area contributed by atoms with Crippen molar-refractivity contribution < 1.29 is 15.0 Å². The third-order valence-corrected chi connectivity index (χ3v) is 3.20. The Morgan fingerprint density at radius 3 is 2.65 bits per heavy atom. The summed E-state index contributed by atoms with van der Waals surface area (Å²) in [5.41, 5.74) is 0.375. The number of hydrogen-bond donors (Lipinski definition) is 3. The van der Waals surface area contributed by atoms with Gasteiger partial charge >= 0.3 is 0 Å². The van der Waals surface area contributed by atoms with Crippen LogP contribution in [-0.2, 0) is 11.3 Å². The molecule has 0 bridgehead atoms. The number of carbonyl (C=O) groups excluding carboxylic acids is 1. The topological polar surface area (TPSA) is 98.3 Å². The first-order chi connectivity index (χ1) is 11.0. The van der Waals surface area contributed by atoms with E-state index in [1.165, 1.54) is 24.3 Å². The number of nitriles is 1. The van der Waals surface area contributed by atoms with Crippen LogP contribution in [0.5, 0.6) is 11.5 Å². The Balaban J connectivity index is 2.07. The standard InChI is InChI=1S/C17H17N3O3/c1-12(11-20-6-2-3-7-20)19-17(23)14(10-18)8-13-4-5-15(21)16(22)9-13/h2-9,12,21-22H,11H2,1H3,(H,19,23)/b14-8+. The van der Waals surface area contributed by atoms with Gasteiger partial charge in [-0.1, -0.05) is 6.07 Å². The summed E-state index contributed by atoms with van der Waals surface area (Å²) >= 11 is 0. The molecule has 2 rings (SSSR count). The van der Waals surface area contributed by atoms with E-state index in [1.54, 1.807) is 0 Å². The molecule has 1 atom stereocenters. The molecule has 6 heteroatoms. The van der Waals surface area contributed by atoms with Gasteiger partial charge in [0.25, 0.3) is 5.91 Å². The van der Waals surface area contributed by atoms with Crippen LogP contribution in [-0.4, -0.2) is 26.7 Å². The van der Waals surface area contributed by atoms with Crippen LogP contribution in [0.1, 0.15) is 12.5 Å². The predicted molar refractivity (Wildman–Crippen MR) is 85.4 cm³/mol. The first-order valence-corrected chi connectivity index (χ1v) is 7.05. The molecule has 3 N–H and O–H groups in total. The molecule has 0 radical (unpaired) electrons. The van der Waals surface area contributed by atoms with Crippen molar-refractivity contribution in [2.45, 2.75) is 19.5 Å². The molecule has 1 unspecified atom stereocenters. The molecule has 0 fully saturated rings. The molecule has 1 amide bonds. The van der Waals surface area contributed by atoms with Crippen LogP contribution >= 0.6 is 0 Å². The molecule has 23 heavy (non-hydrogen) atoms. The van der Waals surface area contributed by atoms with Crippen LogP contribution in [0.25, 0.3) is 6.08 Å². The molecule has 0 aliphatic carbocycles. The minimum absolute atomic E-state index is 0.0746. The van der Waals surface area contributed by atoms with E-state index in [-0.39, 0.29) is 23.1 Å². The van der Waals surface area contributed by atoms with Crippen molar-refractivity contribution in [3.63, 3.8) is 0 Å². The molecule has 0 saturated heterocycles. The van der Waals surface area contributed by atoms with E-state index in [0.717, 1.165) is 0 Å². The van der Waals surface area contributed by atoms with Gasteiger partial charge in [0.15, 0.2) is 11.5 Å². The molecule has 1 aromatic carbocycles. The number of nitrogens with one attached hydrogen (secondary N) is 1. The van der Waals surface area contributed by atoms with Gasteiger partial charge < -0.3 is 20.1 Å². The number of nitrogens with zero attached hydrogens (tertiary/aromatic N) is 2.